The van der Waals surface area contributed by atoms with Crippen LogP contribution in [0.3, 0.4) is 0 Å². The van der Waals surface area contributed by atoms with Crippen molar-refractivity contribution in [3.63, 3.8) is 0 Å². The number of methoxy groups -OCH3 is 1. The summed E-state index contributed by atoms with van der Waals surface area (Å²) in [6, 6.07) is 20.4. The van der Waals surface area contributed by atoms with Crippen molar-refractivity contribution in [2.45, 2.75) is 51.2 Å². The van der Waals surface area contributed by atoms with Gasteiger partial charge in [-0.1, -0.05) is 54.5 Å². The van der Waals surface area contributed by atoms with Crippen LogP contribution in [0.1, 0.15) is 54.6 Å². The molecule has 1 aliphatic carbocycles. The van der Waals surface area contributed by atoms with Gasteiger partial charge in [0, 0.05) is 17.3 Å². The van der Waals surface area contributed by atoms with E-state index in [9.17, 15) is 14.4 Å². The highest BCUT2D eigenvalue weighted by Crippen LogP contribution is 2.32. The molecule has 1 heterocycles. The quantitative estimate of drug-likeness (QED) is 0.323. The number of nitrogens with one attached hydrogen (secondary N) is 1. The second-order valence-corrected chi connectivity index (χ2v) is 9.78. The summed E-state index contributed by atoms with van der Waals surface area (Å²) in [5.41, 5.74) is 2.84. The van der Waals surface area contributed by atoms with Crippen molar-refractivity contribution < 1.29 is 19.1 Å². The number of carbonyl (C=O) groups is 3. The van der Waals surface area contributed by atoms with Crippen molar-refractivity contribution in [1.82, 2.24) is 20.3 Å². The largest absolute Gasteiger partial charge is 0.497 e. The predicted octanol–water partition coefficient (Wildman–Crippen LogP) is 4.48. The Morgan fingerprint density at radius 3 is 2.56 bits per heavy atom. The molecule has 1 fully saturated rings. The first-order valence-electron chi connectivity index (χ1n) is 13.1. The van der Waals surface area contributed by atoms with Crippen LogP contribution in [0.15, 0.2) is 72.8 Å². The molecule has 1 N–H and O–H groups in total. The van der Waals surface area contributed by atoms with E-state index >= 15 is 0 Å². The number of nitrogens with zero attached hydrogens (tertiary/aromatic N) is 4. The van der Waals surface area contributed by atoms with Gasteiger partial charge in [-0.25, -0.2) is 4.68 Å². The maximum atomic E-state index is 14.2. The predicted molar refractivity (Wildman–Crippen MR) is 148 cm³/mol. The van der Waals surface area contributed by atoms with Gasteiger partial charge in [0.15, 0.2) is 5.78 Å². The van der Waals surface area contributed by atoms with Crippen molar-refractivity contribution >= 4 is 34.3 Å². The van der Waals surface area contributed by atoms with Gasteiger partial charge in [-0.15, -0.1) is 5.10 Å². The summed E-state index contributed by atoms with van der Waals surface area (Å²) in [5.74, 6) is -0.237. The van der Waals surface area contributed by atoms with E-state index in [0.717, 1.165) is 25.7 Å². The smallest absolute Gasteiger partial charge is 0.249 e. The second-order valence-electron chi connectivity index (χ2n) is 9.78. The van der Waals surface area contributed by atoms with Crippen molar-refractivity contribution in [3.05, 3.63) is 83.9 Å². The molecule has 0 radical (unpaired) electrons. The van der Waals surface area contributed by atoms with Crippen molar-refractivity contribution in [3.8, 4) is 5.75 Å². The number of ketones is 1. The Bertz CT molecular complexity index is 1510. The minimum absolute atomic E-state index is 0.0466. The Labute approximate surface area is 226 Å². The summed E-state index contributed by atoms with van der Waals surface area (Å²) in [4.78, 5) is 41.9. The van der Waals surface area contributed by atoms with Gasteiger partial charge in [-0.3, -0.25) is 19.3 Å². The lowest BCUT2D eigenvalue weighted by Crippen LogP contribution is -2.47. The lowest BCUT2D eigenvalue weighted by molar-refractivity contribution is -0.127. The molecule has 200 valence electrons. The first-order valence-corrected chi connectivity index (χ1v) is 13.1. The molecular weight excluding hydrogens is 494 g/mol. The lowest BCUT2D eigenvalue weighted by Gasteiger charge is -2.32. The van der Waals surface area contributed by atoms with Gasteiger partial charge in [-0.05, 0) is 61.7 Å². The molecule has 1 aromatic heterocycles. The molecule has 1 atom stereocenters. The Balaban J connectivity index is 1.61. The molecule has 0 unspecified atom stereocenters. The SMILES string of the molecule is COc1cccc([C@@H](C(=O)NC2CCCC2)N(C(=O)Cn2nnc3ccccc32)c2cccc(C(C)=O)c2)c1. The summed E-state index contributed by atoms with van der Waals surface area (Å²) in [5, 5.41) is 11.5. The Morgan fingerprint density at radius 2 is 1.79 bits per heavy atom. The van der Waals surface area contributed by atoms with E-state index in [1.165, 1.54) is 16.5 Å². The van der Waals surface area contributed by atoms with E-state index in [4.69, 9.17) is 4.74 Å². The van der Waals surface area contributed by atoms with Gasteiger partial charge in [-0.2, -0.15) is 0 Å². The van der Waals surface area contributed by atoms with E-state index in [0.29, 0.717) is 33.6 Å². The Morgan fingerprint density at radius 1 is 1.03 bits per heavy atom. The van der Waals surface area contributed by atoms with Crippen LogP contribution in [0.4, 0.5) is 5.69 Å². The van der Waals surface area contributed by atoms with E-state index in [2.05, 4.69) is 15.6 Å². The number of ether oxygens (including phenoxy) is 1. The van der Waals surface area contributed by atoms with Crippen LogP contribution >= 0.6 is 0 Å². The molecule has 1 saturated carbocycles. The van der Waals surface area contributed by atoms with Crippen LogP contribution in [-0.4, -0.2) is 45.7 Å². The van der Waals surface area contributed by atoms with Crippen LogP contribution in [0.25, 0.3) is 11.0 Å². The number of para-hydroxylation sites is 1. The minimum Gasteiger partial charge on any atom is -0.497 e. The van der Waals surface area contributed by atoms with Gasteiger partial charge in [0.2, 0.25) is 11.8 Å². The number of anilines is 1. The van der Waals surface area contributed by atoms with Crippen LogP contribution in [0.2, 0.25) is 0 Å². The summed E-state index contributed by atoms with van der Waals surface area (Å²) >= 11 is 0. The van der Waals surface area contributed by atoms with Crippen LogP contribution in [0.5, 0.6) is 5.75 Å². The van der Waals surface area contributed by atoms with Gasteiger partial charge in [0.1, 0.15) is 23.9 Å². The normalized spacial score (nSPS) is 14.2. The number of Topliss-reactive ketones (excluding diaryl/α,β-unsaturated/α-hetero) is 1. The Hall–Kier alpha value is -4.53. The number of benzene rings is 3. The molecular formula is C30H31N5O4. The summed E-state index contributed by atoms with van der Waals surface area (Å²) in [7, 11) is 1.56. The van der Waals surface area contributed by atoms with Gasteiger partial charge >= 0.3 is 0 Å². The fraction of sp³-hybridized carbons (Fsp3) is 0.300. The minimum atomic E-state index is -1.01. The average molecular weight is 526 g/mol. The first-order chi connectivity index (χ1) is 18.9. The van der Waals surface area contributed by atoms with Crippen LogP contribution in [0, 0.1) is 0 Å². The number of hydrogen-bond donors (Lipinski definition) is 1. The highest BCUT2D eigenvalue weighted by molar-refractivity contribution is 6.03. The van der Waals surface area contributed by atoms with Gasteiger partial charge < -0.3 is 10.1 Å². The lowest BCUT2D eigenvalue weighted by atomic mass is 10.0. The summed E-state index contributed by atoms with van der Waals surface area (Å²) in [6.45, 7) is 1.32. The fourth-order valence-corrected chi connectivity index (χ4v) is 5.13. The molecule has 0 saturated heterocycles. The molecule has 2 amide bonds. The molecule has 0 spiro atoms. The molecule has 4 aromatic rings. The topological polar surface area (TPSA) is 106 Å². The number of hydrogen-bond acceptors (Lipinski definition) is 6. The molecule has 3 aromatic carbocycles. The maximum absolute atomic E-state index is 14.2. The highest BCUT2D eigenvalue weighted by atomic mass is 16.5. The monoisotopic (exact) mass is 525 g/mol. The maximum Gasteiger partial charge on any atom is 0.249 e. The highest BCUT2D eigenvalue weighted by Gasteiger charge is 2.35. The first kappa shape index (κ1) is 26.1. The molecule has 5 rings (SSSR count). The zero-order valence-corrected chi connectivity index (χ0v) is 22.0. The van der Waals surface area contributed by atoms with Gasteiger partial charge in [0.05, 0.1) is 12.6 Å². The van der Waals surface area contributed by atoms with E-state index < -0.39 is 6.04 Å². The van der Waals surface area contributed by atoms with E-state index in [1.54, 1.807) is 55.6 Å². The third-order valence-electron chi connectivity index (χ3n) is 7.12. The van der Waals surface area contributed by atoms with Crippen molar-refractivity contribution in [2.24, 2.45) is 0 Å². The average Bonchev–Trinajstić information content (AvgIpc) is 3.61. The molecule has 39 heavy (non-hydrogen) atoms. The second kappa shape index (κ2) is 11.5. The third kappa shape index (κ3) is 5.67. The third-order valence-corrected chi connectivity index (χ3v) is 7.12. The van der Waals surface area contributed by atoms with Crippen molar-refractivity contribution in [2.75, 3.05) is 12.0 Å². The molecule has 9 heteroatoms. The van der Waals surface area contributed by atoms with Crippen molar-refractivity contribution in [1.29, 1.82) is 0 Å². The van der Waals surface area contributed by atoms with Crippen LogP contribution in [-0.2, 0) is 16.1 Å². The number of rotatable bonds is 9. The zero-order valence-electron chi connectivity index (χ0n) is 22.0. The van der Waals surface area contributed by atoms with Crippen LogP contribution < -0.4 is 15.0 Å². The number of fused-ring (bicyclic) bond motifs is 1. The molecule has 1 aliphatic rings. The standard InChI is InChI=1S/C30H31N5O4/c1-20(36)21-9-7-13-24(17-21)35(28(37)19-34-27-16-6-5-15-26(27)32-33-34)29(22-10-8-14-25(18-22)39-2)30(38)31-23-11-3-4-12-23/h5-10,13-18,23,29H,3-4,11-12,19H2,1-2H3,(H,31,38)/t29-/m0/s1. The Kier molecular flexibility index (Phi) is 7.67. The summed E-state index contributed by atoms with van der Waals surface area (Å²) < 4.78 is 6.97. The number of carbonyl (C=O) groups excluding carboxylic acids is 3. The molecule has 9 nitrogen and oxygen atoms in total. The number of aromatic nitrogens is 3. The molecule has 0 bridgehead atoms. The zero-order chi connectivity index (χ0) is 27.4. The molecule has 0 aliphatic heterocycles. The van der Waals surface area contributed by atoms with E-state index in [-0.39, 0.29) is 30.2 Å². The number of amides is 2. The van der Waals surface area contributed by atoms with Gasteiger partial charge in [0.25, 0.3) is 0 Å². The summed E-state index contributed by atoms with van der Waals surface area (Å²) in [6.07, 6.45) is 3.90. The van der Waals surface area contributed by atoms with E-state index in [1.807, 2.05) is 24.3 Å². The fourth-order valence-electron chi connectivity index (χ4n) is 5.13.